The number of rotatable bonds is 3. The molecule has 1 amide bonds. The molecule has 0 atom stereocenters. The molecule has 0 aliphatic heterocycles. The lowest BCUT2D eigenvalue weighted by Crippen LogP contribution is -2.12. The molecule has 2 aromatic rings. The Morgan fingerprint density at radius 1 is 1.32 bits per heavy atom. The zero-order valence-electron chi connectivity index (χ0n) is 10.6. The molecule has 1 N–H and O–H groups in total. The number of halogens is 1. The molecule has 0 aliphatic rings. The van der Waals surface area contributed by atoms with Gasteiger partial charge >= 0.3 is 0 Å². The normalized spacial score (nSPS) is 10.1. The summed E-state index contributed by atoms with van der Waals surface area (Å²) in [6.07, 6.45) is 3.24. The number of amides is 1. The number of ether oxygens (including phenoxy) is 1. The minimum Gasteiger partial charge on any atom is -0.497 e. The maximum absolute atomic E-state index is 12.1. The van der Waals surface area contributed by atoms with E-state index in [9.17, 15) is 4.79 Å². The molecule has 4 nitrogen and oxygen atoms in total. The van der Waals surface area contributed by atoms with E-state index < -0.39 is 0 Å². The van der Waals surface area contributed by atoms with E-state index in [1.165, 1.54) is 6.20 Å². The van der Waals surface area contributed by atoms with E-state index in [2.05, 4.69) is 26.2 Å². The van der Waals surface area contributed by atoms with Gasteiger partial charge in [0.1, 0.15) is 5.75 Å². The predicted octanol–water partition coefficient (Wildman–Crippen LogP) is 3.41. The van der Waals surface area contributed by atoms with Gasteiger partial charge in [-0.15, -0.1) is 0 Å². The molecule has 0 fully saturated rings. The Kier molecular flexibility index (Phi) is 4.16. The number of aromatic nitrogens is 1. The third-order valence-electron chi connectivity index (χ3n) is 2.56. The van der Waals surface area contributed by atoms with Gasteiger partial charge in [0.2, 0.25) is 0 Å². The molecule has 1 aromatic heterocycles. The Morgan fingerprint density at radius 3 is 2.79 bits per heavy atom. The number of aryl methyl sites for hydroxylation is 1. The molecule has 2 rings (SSSR count). The molecule has 1 heterocycles. The SMILES string of the molecule is COc1ccc(Br)c(NC(=O)c2cncc(C)c2)c1. The second-order valence-corrected chi connectivity index (χ2v) is 4.91. The minimum absolute atomic E-state index is 0.204. The third kappa shape index (κ3) is 3.32. The van der Waals surface area contributed by atoms with Crippen molar-refractivity contribution in [1.82, 2.24) is 4.98 Å². The molecule has 0 spiro atoms. The van der Waals surface area contributed by atoms with Crippen LogP contribution in [0.5, 0.6) is 5.75 Å². The second-order valence-electron chi connectivity index (χ2n) is 4.05. The van der Waals surface area contributed by atoms with E-state index in [0.717, 1.165) is 10.0 Å². The van der Waals surface area contributed by atoms with Crippen LogP contribution in [-0.4, -0.2) is 18.0 Å². The number of nitrogens with one attached hydrogen (secondary N) is 1. The average Bonchev–Trinajstić information content (AvgIpc) is 2.41. The monoisotopic (exact) mass is 320 g/mol. The highest BCUT2D eigenvalue weighted by molar-refractivity contribution is 9.10. The van der Waals surface area contributed by atoms with Crippen LogP contribution in [0.1, 0.15) is 15.9 Å². The Labute approximate surface area is 119 Å². The number of hydrogen-bond acceptors (Lipinski definition) is 3. The molecule has 0 bridgehead atoms. The van der Waals surface area contributed by atoms with Gasteiger partial charge in [-0.1, -0.05) is 0 Å². The highest BCUT2D eigenvalue weighted by atomic mass is 79.9. The Balaban J connectivity index is 2.23. The highest BCUT2D eigenvalue weighted by Gasteiger charge is 2.09. The standard InChI is InChI=1S/C14H13BrN2O2/c1-9-5-10(8-16-7-9)14(18)17-13-6-11(19-2)3-4-12(13)15/h3-8H,1-2H3,(H,17,18). The fraction of sp³-hybridized carbons (Fsp3) is 0.143. The average molecular weight is 321 g/mol. The summed E-state index contributed by atoms with van der Waals surface area (Å²) in [4.78, 5) is 16.1. The molecule has 0 radical (unpaired) electrons. The molecule has 5 heteroatoms. The van der Waals surface area contributed by atoms with Gasteiger partial charge in [-0.2, -0.15) is 0 Å². The van der Waals surface area contributed by atoms with Crippen molar-refractivity contribution in [2.75, 3.05) is 12.4 Å². The van der Waals surface area contributed by atoms with Crippen molar-refractivity contribution in [3.63, 3.8) is 0 Å². The van der Waals surface area contributed by atoms with E-state index in [1.54, 1.807) is 25.4 Å². The molecule has 0 saturated heterocycles. The summed E-state index contributed by atoms with van der Waals surface area (Å²) in [5.41, 5.74) is 2.12. The highest BCUT2D eigenvalue weighted by Crippen LogP contribution is 2.27. The van der Waals surface area contributed by atoms with E-state index in [1.807, 2.05) is 19.1 Å². The summed E-state index contributed by atoms with van der Waals surface area (Å²) in [6.45, 7) is 1.89. The lowest BCUT2D eigenvalue weighted by molar-refractivity contribution is 0.102. The zero-order chi connectivity index (χ0) is 13.8. The zero-order valence-corrected chi connectivity index (χ0v) is 12.2. The van der Waals surface area contributed by atoms with Crippen molar-refractivity contribution in [1.29, 1.82) is 0 Å². The lowest BCUT2D eigenvalue weighted by Gasteiger charge is -2.09. The van der Waals surface area contributed by atoms with E-state index >= 15 is 0 Å². The fourth-order valence-electron chi connectivity index (χ4n) is 1.60. The molecule has 1 aromatic carbocycles. The number of anilines is 1. The van der Waals surface area contributed by atoms with E-state index in [-0.39, 0.29) is 5.91 Å². The van der Waals surface area contributed by atoms with Gasteiger partial charge < -0.3 is 10.1 Å². The maximum atomic E-state index is 12.1. The first-order valence-electron chi connectivity index (χ1n) is 5.66. The number of nitrogens with zero attached hydrogens (tertiary/aromatic N) is 1. The molecular formula is C14H13BrN2O2. The number of benzene rings is 1. The molecule has 98 valence electrons. The van der Waals surface area contributed by atoms with Gasteiger partial charge in [-0.3, -0.25) is 9.78 Å². The smallest absolute Gasteiger partial charge is 0.257 e. The van der Waals surface area contributed by atoms with Crippen LogP contribution < -0.4 is 10.1 Å². The van der Waals surface area contributed by atoms with Crippen molar-refractivity contribution >= 4 is 27.5 Å². The predicted molar refractivity (Wildman–Crippen MR) is 77.6 cm³/mol. The molecule has 19 heavy (non-hydrogen) atoms. The summed E-state index contributed by atoms with van der Waals surface area (Å²) in [7, 11) is 1.58. The van der Waals surface area contributed by atoms with Crippen molar-refractivity contribution in [2.24, 2.45) is 0 Å². The Hall–Kier alpha value is -1.88. The second kappa shape index (κ2) is 5.84. The van der Waals surface area contributed by atoms with Crippen molar-refractivity contribution < 1.29 is 9.53 Å². The quantitative estimate of drug-likeness (QED) is 0.942. The van der Waals surface area contributed by atoms with Crippen LogP contribution in [0.15, 0.2) is 41.1 Å². The van der Waals surface area contributed by atoms with Gasteiger partial charge in [0, 0.05) is 22.9 Å². The van der Waals surface area contributed by atoms with Gasteiger partial charge in [0.25, 0.3) is 5.91 Å². The summed E-state index contributed by atoms with van der Waals surface area (Å²) >= 11 is 3.39. The first kappa shape index (κ1) is 13.5. The summed E-state index contributed by atoms with van der Waals surface area (Å²) < 4.78 is 5.93. The summed E-state index contributed by atoms with van der Waals surface area (Å²) in [6, 6.07) is 7.18. The molecule has 0 unspecified atom stereocenters. The van der Waals surface area contributed by atoms with Crippen molar-refractivity contribution in [3.8, 4) is 5.75 Å². The Bertz CT molecular complexity index is 614. The van der Waals surface area contributed by atoms with Crippen LogP contribution in [0.4, 0.5) is 5.69 Å². The van der Waals surface area contributed by atoms with Crippen LogP contribution in [-0.2, 0) is 0 Å². The molecule has 0 saturated carbocycles. The number of hydrogen-bond donors (Lipinski definition) is 1. The van der Waals surface area contributed by atoms with Gasteiger partial charge in [-0.25, -0.2) is 0 Å². The largest absolute Gasteiger partial charge is 0.497 e. The van der Waals surface area contributed by atoms with Gasteiger partial charge in [-0.05, 0) is 46.6 Å². The molecule has 0 aliphatic carbocycles. The van der Waals surface area contributed by atoms with Crippen LogP contribution in [0.2, 0.25) is 0 Å². The number of pyridine rings is 1. The third-order valence-corrected chi connectivity index (χ3v) is 3.25. The maximum Gasteiger partial charge on any atom is 0.257 e. The van der Waals surface area contributed by atoms with Crippen LogP contribution in [0, 0.1) is 6.92 Å². The molecular weight excluding hydrogens is 308 g/mol. The van der Waals surface area contributed by atoms with Gasteiger partial charge in [0.15, 0.2) is 0 Å². The van der Waals surface area contributed by atoms with Crippen molar-refractivity contribution in [3.05, 3.63) is 52.3 Å². The van der Waals surface area contributed by atoms with Crippen molar-refractivity contribution in [2.45, 2.75) is 6.92 Å². The van der Waals surface area contributed by atoms with Crippen LogP contribution >= 0.6 is 15.9 Å². The Morgan fingerprint density at radius 2 is 2.11 bits per heavy atom. The first-order valence-corrected chi connectivity index (χ1v) is 6.46. The minimum atomic E-state index is -0.204. The summed E-state index contributed by atoms with van der Waals surface area (Å²) in [5, 5.41) is 2.82. The fourth-order valence-corrected chi connectivity index (χ4v) is 1.95. The number of carbonyl (C=O) groups is 1. The van der Waals surface area contributed by atoms with E-state index in [4.69, 9.17) is 4.74 Å². The topological polar surface area (TPSA) is 51.2 Å². The van der Waals surface area contributed by atoms with Crippen LogP contribution in [0.25, 0.3) is 0 Å². The summed E-state index contributed by atoms with van der Waals surface area (Å²) in [5.74, 6) is 0.478. The lowest BCUT2D eigenvalue weighted by atomic mass is 10.2. The number of carbonyl (C=O) groups excluding carboxylic acids is 1. The van der Waals surface area contributed by atoms with Crippen LogP contribution in [0.3, 0.4) is 0 Å². The van der Waals surface area contributed by atoms with E-state index in [0.29, 0.717) is 17.0 Å². The number of methoxy groups -OCH3 is 1. The van der Waals surface area contributed by atoms with Gasteiger partial charge in [0.05, 0.1) is 18.4 Å². The first-order chi connectivity index (χ1) is 9.10.